The Labute approximate surface area is 190 Å². The van der Waals surface area contributed by atoms with Gasteiger partial charge in [-0.25, -0.2) is 4.79 Å². The zero-order valence-corrected chi connectivity index (χ0v) is 20.1. The predicted octanol–water partition coefficient (Wildman–Crippen LogP) is 3.24. The molecular formula is C23H37N3O6. The molecule has 0 aliphatic heterocycles. The van der Waals surface area contributed by atoms with Gasteiger partial charge in [0.15, 0.2) is 0 Å². The van der Waals surface area contributed by atoms with Gasteiger partial charge in [-0.05, 0) is 79.0 Å². The number of alkyl carbamates (subject to hydrolysis) is 1. The number of amides is 2. The topological polar surface area (TPSA) is 140 Å². The number of aromatic hydroxyl groups is 1. The molecule has 1 rings (SSSR count). The molecule has 0 saturated heterocycles. The number of esters is 1. The normalized spacial score (nSPS) is 13.6. The number of hydrogen-bond acceptors (Lipinski definition) is 7. The molecule has 0 saturated carbocycles. The first kappa shape index (κ1) is 27.2. The molecule has 32 heavy (non-hydrogen) atoms. The second-order valence-electron chi connectivity index (χ2n) is 9.80. The molecule has 0 bridgehead atoms. The van der Waals surface area contributed by atoms with Crippen LogP contribution in [0.3, 0.4) is 0 Å². The van der Waals surface area contributed by atoms with Crippen LogP contribution in [0.15, 0.2) is 18.2 Å². The molecule has 0 aromatic heterocycles. The van der Waals surface area contributed by atoms with Crippen molar-refractivity contribution in [1.29, 1.82) is 0 Å². The summed E-state index contributed by atoms with van der Waals surface area (Å²) in [6.07, 6.45) is 0.153. The van der Waals surface area contributed by atoms with E-state index in [1.807, 2.05) is 0 Å². The lowest BCUT2D eigenvalue weighted by atomic mass is 10.0. The van der Waals surface area contributed by atoms with Crippen molar-refractivity contribution in [1.82, 2.24) is 5.32 Å². The molecule has 0 unspecified atom stereocenters. The number of hydrogen-bond donors (Lipinski definition) is 4. The minimum atomic E-state index is -0.742. The first-order valence-electron chi connectivity index (χ1n) is 10.7. The third-order valence-corrected chi connectivity index (χ3v) is 4.05. The number of nitrogens with one attached hydrogen (secondary N) is 2. The van der Waals surface area contributed by atoms with Gasteiger partial charge in [0.2, 0.25) is 5.91 Å². The van der Waals surface area contributed by atoms with Crippen LogP contribution < -0.4 is 16.4 Å². The summed E-state index contributed by atoms with van der Waals surface area (Å²) in [7, 11) is 0. The van der Waals surface area contributed by atoms with Crippen LogP contribution in [0.25, 0.3) is 0 Å². The first-order chi connectivity index (χ1) is 14.6. The summed E-state index contributed by atoms with van der Waals surface area (Å²) >= 11 is 0. The second-order valence-corrected chi connectivity index (χ2v) is 9.80. The molecule has 0 spiro atoms. The fraction of sp³-hybridized carbons (Fsp3) is 0.609. The molecule has 0 aliphatic rings. The van der Waals surface area contributed by atoms with E-state index in [4.69, 9.17) is 15.2 Å². The Hall–Kier alpha value is -2.81. The Bertz CT molecular complexity index is 809. The van der Waals surface area contributed by atoms with Crippen LogP contribution in [0.5, 0.6) is 5.75 Å². The van der Waals surface area contributed by atoms with E-state index in [2.05, 4.69) is 10.6 Å². The van der Waals surface area contributed by atoms with E-state index in [0.29, 0.717) is 12.8 Å². The van der Waals surface area contributed by atoms with Crippen molar-refractivity contribution in [3.8, 4) is 5.75 Å². The molecule has 180 valence electrons. The Morgan fingerprint density at radius 3 is 2.19 bits per heavy atom. The molecule has 0 heterocycles. The van der Waals surface area contributed by atoms with Gasteiger partial charge in [0, 0.05) is 12.5 Å². The van der Waals surface area contributed by atoms with Gasteiger partial charge in [0.25, 0.3) is 0 Å². The zero-order chi connectivity index (χ0) is 24.7. The molecule has 1 aromatic rings. The SMILES string of the molecule is C[C@H](N)C(=O)Nc1cc(C[C@@H](CCC(=O)OC(C)(C)C)NC(=O)OC(C)(C)C)ccc1O. The smallest absolute Gasteiger partial charge is 0.407 e. The van der Waals surface area contributed by atoms with Gasteiger partial charge in [-0.1, -0.05) is 6.07 Å². The van der Waals surface area contributed by atoms with E-state index in [1.54, 1.807) is 53.7 Å². The molecule has 1 aromatic carbocycles. The highest BCUT2D eigenvalue weighted by molar-refractivity contribution is 5.95. The van der Waals surface area contributed by atoms with E-state index in [9.17, 15) is 19.5 Å². The number of carbonyl (C=O) groups excluding carboxylic acids is 3. The van der Waals surface area contributed by atoms with Gasteiger partial charge in [0.1, 0.15) is 17.0 Å². The van der Waals surface area contributed by atoms with Crippen LogP contribution in [0, 0.1) is 0 Å². The molecule has 2 amide bonds. The summed E-state index contributed by atoms with van der Waals surface area (Å²) in [5.74, 6) is -0.914. The van der Waals surface area contributed by atoms with Crippen LogP contribution in [-0.4, -0.2) is 46.4 Å². The van der Waals surface area contributed by atoms with Crippen LogP contribution in [0.1, 0.15) is 66.9 Å². The van der Waals surface area contributed by atoms with Gasteiger partial charge in [0.05, 0.1) is 11.7 Å². The van der Waals surface area contributed by atoms with E-state index in [0.717, 1.165) is 5.56 Å². The largest absolute Gasteiger partial charge is 0.506 e. The second kappa shape index (κ2) is 11.2. The Morgan fingerprint density at radius 1 is 1.06 bits per heavy atom. The summed E-state index contributed by atoms with van der Waals surface area (Å²) < 4.78 is 10.7. The van der Waals surface area contributed by atoms with Crippen molar-refractivity contribution < 1.29 is 29.0 Å². The zero-order valence-electron chi connectivity index (χ0n) is 20.1. The molecular weight excluding hydrogens is 414 g/mol. The summed E-state index contributed by atoms with van der Waals surface area (Å²) in [4.78, 5) is 36.4. The molecule has 0 fully saturated rings. The molecule has 5 N–H and O–H groups in total. The maximum Gasteiger partial charge on any atom is 0.407 e. The molecule has 9 heteroatoms. The van der Waals surface area contributed by atoms with Gasteiger partial charge in [-0.15, -0.1) is 0 Å². The lowest BCUT2D eigenvalue weighted by Gasteiger charge is -2.25. The lowest BCUT2D eigenvalue weighted by molar-refractivity contribution is -0.155. The van der Waals surface area contributed by atoms with Crippen molar-refractivity contribution in [3.05, 3.63) is 23.8 Å². The monoisotopic (exact) mass is 451 g/mol. The van der Waals surface area contributed by atoms with Crippen molar-refractivity contribution in [2.45, 2.75) is 91.0 Å². The Kier molecular flexibility index (Phi) is 9.51. The van der Waals surface area contributed by atoms with Crippen LogP contribution in [0.4, 0.5) is 10.5 Å². The van der Waals surface area contributed by atoms with Gasteiger partial charge >= 0.3 is 12.1 Å². The van der Waals surface area contributed by atoms with Crippen molar-refractivity contribution in [2.75, 3.05) is 5.32 Å². The minimum Gasteiger partial charge on any atom is -0.506 e. The number of phenolic OH excluding ortho intramolecular Hbond substituents is 1. The fourth-order valence-electron chi connectivity index (χ4n) is 2.73. The maximum atomic E-state index is 12.3. The van der Waals surface area contributed by atoms with Crippen LogP contribution >= 0.6 is 0 Å². The number of benzene rings is 1. The molecule has 0 radical (unpaired) electrons. The van der Waals surface area contributed by atoms with Crippen LogP contribution in [0.2, 0.25) is 0 Å². The molecule has 9 nitrogen and oxygen atoms in total. The highest BCUT2D eigenvalue weighted by Crippen LogP contribution is 2.25. The van der Waals surface area contributed by atoms with Crippen molar-refractivity contribution >= 4 is 23.7 Å². The summed E-state index contributed by atoms with van der Waals surface area (Å²) in [5.41, 5.74) is 5.24. The number of nitrogens with two attached hydrogens (primary N) is 1. The number of carbonyl (C=O) groups is 3. The Morgan fingerprint density at radius 2 is 1.66 bits per heavy atom. The first-order valence-corrected chi connectivity index (χ1v) is 10.7. The molecule has 2 atom stereocenters. The number of anilines is 1. The van der Waals surface area contributed by atoms with E-state index >= 15 is 0 Å². The van der Waals surface area contributed by atoms with E-state index in [-0.39, 0.29) is 23.8 Å². The number of ether oxygens (including phenoxy) is 2. The van der Waals surface area contributed by atoms with E-state index in [1.165, 1.54) is 13.0 Å². The lowest BCUT2D eigenvalue weighted by Crippen LogP contribution is -2.40. The van der Waals surface area contributed by atoms with E-state index < -0.39 is 35.3 Å². The predicted molar refractivity (Wildman–Crippen MR) is 122 cm³/mol. The Balaban J connectivity index is 2.97. The third-order valence-electron chi connectivity index (χ3n) is 4.05. The quantitative estimate of drug-likeness (QED) is 0.351. The van der Waals surface area contributed by atoms with Crippen LogP contribution in [-0.2, 0) is 25.5 Å². The highest BCUT2D eigenvalue weighted by Gasteiger charge is 2.23. The van der Waals surface area contributed by atoms with Gasteiger partial charge in [-0.3, -0.25) is 9.59 Å². The number of phenols is 1. The summed E-state index contributed by atoms with van der Waals surface area (Å²) in [6, 6.07) is 3.54. The highest BCUT2D eigenvalue weighted by atomic mass is 16.6. The minimum absolute atomic E-state index is 0.101. The standard InChI is InChI=1S/C23H37N3O6/c1-14(24)20(29)26-17-13-15(8-10-18(17)27)12-16(25-21(30)32-23(5,6)7)9-11-19(28)31-22(2,3)4/h8,10,13-14,16,27H,9,11-12,24H2,1-7H3,(H,25,30)(H,26,29)/t14-,16+/m0/s1. The number of rotatable bonds is 8. The van der Waals surface area contributed by atoms with Gasteiger partial charge < -0.3 is 30.9 Å². The van der Waals surface area contributed by atoms with Crippen molar-refractivity contribution in [2.24, 2.45) is 5.73 Å². The van der Waals surface area contributed by atoms with Crippen molar-refractivity contribution in [3.63, 3.8) is 0 Å². The maximum absolute atomic E-state index is 12.3. The average molecular weight is 452 g/mol. The fourth-order valence-corrected chi connectivity index (χ4v) is 2.73. The summed E-state index contributed by atoms with van der Waals surface area (Å²) in [6.45, 7) is 12.2. The average Bonchev–Trinajstić information content (AvgIpc) is 2.59. The third kappa shape index (κ3) is 11.0. The molecule has 0 aliphatic carbocycles. The van der Waals surface area contributed by atoms with Gasteiger partial charge in [-0.2, -0.15) is 0 Å². The summed E-state index contributed by atoms with van der Waals surface area (Å²) in [5, 5.41) is 15.4.